The van der Waals surface area contributed by atoms with Crippen molar-refractivity contribution in [3.63, 3.8) is 0 Å². The van der Waals surface area contributed by atoms with Crippen LogP contribution in [0.3, 0.4) is 0 Å². The highest BCUT2D eigenvalue weighted by Gasteiger charge is 2.45. The Morgan fingerprint density at radius 1 is 1.26 bits per heavy atom. The van der Waals surface area contributed by atoms with E-state index in [0.717, 1.165) is 12.8 Å². The number of ether oxygens (including phenoxy) is 1. The number of nitrogens with zero attached hydrogens (tertiary/aromatic N) is 5. The average molecular weight is 471 g/mol. The van der Waals surface area contributed by atoms with Crippen molar-refractivity contribution in [2.24, 2.45) is 11.8 Å². The predicted molar refractivity (Wildman–Crippen MR) is 125 cm³/mol. The molecule has 34 heavy (non-hydrogen) atoms. The summed E-state index contributed by atoms with van der Waals surface area (Å²) in [6, 6.07) is 2.97. The number of hydrogen-bond donors (Lipinski definition) is 2. The van der Waals surface area contributed by atoms with E-state index in [0.29, 0.717) is 41.8 Å². The lowest BCUT2D eigenvalue weighted by atomic mass is 9.67. The summed E-state index contributed by atoms with van der Waals surface area (Å²) >= 11 is 0. The van der Waals surface area contributed by atoms with Gasteiger partial charge in [-0.2, -0.15) is 4.52 Å². The van der Waals surface area contributed by atoms with E-state index in [1.165, 1.54) is 23.8 Å². The van der Waals surface area contributed by atoms with E-state index in [1.54, 1.807) is 13.8 Å². The third-order valence-electron chi connectivity index (χ3n) is 7.60. The van der Waals surface area contributed by atoms with Gasteiger partial charge < -0.3 is 20.5 Å². The van der Waals surface area contributed by atoms with Gasteiger partial charge in [-0.05, 0) is 58.4 Å². The molecule has 3 aromatic rings. The molecule has 2 aliphatic rings. The third kappa shape index (κ3) is 3.73. The highest BCUT2D eigenvalue weighted by molar-refractivity contribution is 5.93. The zero-order valence-corrected chi connectivity index (χ0v) is 20.0. The monoisotopic (exact) mass is 470 g/mol. The van der Waals surface area contributed by atoms with E-state index < -0.39 is 11.4 Å². The fourth-order valence-electron chi connectivity index (χ4n) is 5.23. The van der Waals surface area contributed by atoms with Gasteiger partial charge in [-0.1, -0.05) is 0 Å². The first-order valence-corrected chi connectivity index (χ1v) is 11.8. The maximum absolute atomic E-state index is 14.4. The van der Waals surface area contributed by atoms with E-state index >= 15 is 0 Å². The van der Waals surface area contributed by atoms with E-state index in [-0.39, 0.29) is 41.4 Å². The Balaban J connectivity index is 1.42. The number of hydrogen-bond acceptors (Lipinski definition) is 7. The summed E-state index contributed by atoms with van der Waals surface area (Å²) in [6.07, 6.45) is 3.11. The smallest absolute Gasteiger partial charge is 0.225 e. The van der Waals surface area contributed by atoms with Gasteiger partial charge in [0, 0.05) is 35.9 Å². The van der Waals surface area contributed by atoms with Crippen molar-refractivity contribution in [2.45, 2.75) is 64.0 Å². The minimum absolute atomic E-state index is 0.0478. The Labute approximate surface area is 197 Å². The molecule has 9 nitrogen and oxygen atoms in total. The quantitative estimate of drug-likeness (QED) is 0.602. The van der Waals surface area contributed by atoms with Crippen LogP contribution in [0.25, 0.3) is 16.6 Å². The van der Waals surface area contributed by atoms with Crippen molar-refractivity contribution in [3.8, 4) is 5.75 Å². The summed E-state index contributed by atoms with van der Waals surface area (Å²) in [4.78, 5) is 24.3. The first-order valence-electron chi connectivity index (χ1n) is 11.8. The molecule has 0 bridgehead atoms. The van der Waals surface area contributed by atoms with Crippen molar-refractivity contribution < 1.29 is 19.0 Å². The number of anilines is 1. The molecule has 2 fully saturated rings. The number of halogens is 1. The number of rotatable bonds is 4. The molecule has 10 heteroatoms. The minimum atomic E-state index is -0.756. The normalized spacial score (nSPS) is 25.5. The van der Waals surface area contributed by atoms with Crippen LogP contribution in [-0.4, -0.2) is 60.8 Å². The van der Waals surface area contributed by atoms with Crippen LogP contribution >= 0.6 is 0 Å². The lowest BCUT2D eigenvalue weighted by molar-refractivity contribution is -0.148. The number of carbonyl (C=O) groups is 1. The van der Waals surface area contributed by atoms with Gasteiger partial charge in [0.25, 0.3) is 0 Å². The number of fused-ring (bicyclic) bond motifs is 3. The van der Waals surface area contributed by atoms with Gasteiger partial charge in [0.2, 0.25) is 11.9 Å². The topological polar surface area (TPSA) is 119 Å². The van der Waals surface area contributed by atoms with Gasteiger partial charge in [-0.15, -0.1) is 5.10 Å². The van der Waals surface area contributed by atoms with Gasteiger partial charge in [-0.25, -0.2) is 14.4 Å². The van der Waals surface area contributed by atoms with Crippen molar-refractivity contribution in [3.05, 3.63) is 23.8 Å². The number of methoxy groups -OCH3 is 1. The summed E-state index contributed by atoms with van der Waals surface area (Å²) in [5.74, 6) is 0.491. The molecule has 1 aliphatic carbocycles. The van der Waals surface area contributed by atoms with Gasteiger partial charge in [0.15, 0.2) is 23.0 Å². The number of aromatic nitrogens is 4. The second kappa shape index (κ2) is 8.04. The maximum atomic E-state index is 14.4. The molecule has 1 amide bonds. The Kier molecular flexibility index (Phi) is 5.38. The molecule has 3 N–H and O–H groups in total. The summed E-state index contributed by atoms with van der Waals surface area (Å²) < 4.78 is 20.9. The molecule has 2 aromatic heterocycles. The van der Waals surface area contributed by atoms with Crippen LogP contribution in [0.4, 0.5) is 10.3 Å². The van der Waals surface area contributed by atoms with Crippen LogP contribution < -0.4 is 10.5 Å². The first kappa shape index (κ1) is 22.8. The molecule has 182 valence electrons. The zero-order valence-electron chi connectivity index (χ0n) is 20.0. The number of likely N-dealkylation sites (tertiary alicyclic amines) is 1. The maximum Gasteiger partial charge on any atom is 0.225 e. The molecule has 1 aromatic carbocycles. The number of nitrogens with two attached hydrogens (primary N) is 1. The lowest BCUT2D eigenvalue weighted by Gasteiger charge is -2.46. The lowest BCUT2D eigenvalue weighted by Crippen LogP contribution is -2.52. The molecule has 0 unspecified atom stereocenters. The minimum Gasteiger partial charge on any atom is -0.494 e. The van der Waals surface area contributed by atoms with Gasteiger partial charge >= 0.3 is 0 Å². The second-order valence-electron chi connectivity index (χ2n) is 10.3. The van der Waals surface area contributed by atoms with Crippen LogP contribution in [-0.2, 0) is 4.79 Å². The summed E-state index contributed by atoms with van der Waals surface area (Å²) in [5.41, 5.74) is 6.29. The number of benzene rings is 1. The van der Waals surface area contributed by atoms with Gasteiger partial charge in [0.05, 0.1) is 18.2 Å². The fraction of sp³-hybridized carbons (Fsp3) is 0.583. The molecule has 2 atom stereocenters. The van der Waals surface area contributed by atoms with Gasteiger partial charge in [-0.3, -0.25) is 4.79 Å². The van der Waals surface area contributed by atoms with Crippen LogP contribution in [0.1, 0.15) is 58.2 Å². The summed E-state index contributed by atoms with van der Waals surface area (Å²) in [7, 11) is 1.40. The van der Waals surface area contributed by atoms with Crippen molar-refractivity contribution >= 4 is 28.4 Å². The van der Waals surface area contributed by atoms with E-state index in [4.69, 9.17) is 15.5 Å². The predicted octanol–water partition coefficient (Wildman–Crippen LogP) is 2.90. The SMILES string of the molecule is COc1cc2nc(N)n3nc([C@@H]4CC[C@H](C)N(C(=O)C5CC(C(C)(C)O)C5)C4)nc3c2cc1F. The summed E-state index contributed by atoms with van der Waals surface area (Å²) in [5, 5.41) is 15.3. The Morgan fingerprint density at radius 2 is 2.00 bits per heavy atom. The Bertz CT molecular complexity index is 1260. The Hall–Kier alpha value is -3.01. The number of nitrogen functional groups attached to an aromatic ring is 1. The number of piperidine rings is 1. The van der Waals surface area contributed by atoms with Crippen molar-refractivity contribution in [1.29, 1.82) is 0 Å². The fourth-order valence-corrected chi connectivity index (χ4v) is 5.23. The largest absolute Gasteiger partial charge is 0.494 e. The third-order valence-corrected chi connectivity index (χ3v) is 7.60. The molecule has 0 radical (unpaired) electrons. The highest BCUT2D eigenvalue weighted by atomic mass is 19.1. The molecular weight excluding hydrogens is 439 g/mol. The van der Waals surface area contributed by atoms with E-state index in [1.807, 2.05) is 4.90 Å². The molecule has 5 rings (SSSR count). The van der Waals surface area contributed by atoms with Crippen LogP contribution in [0, 0.1) is 17.7 Å². The number of carbonyl (C=O) groups excluding carboxylic acids is 1. The Morgan fingerprint density at radius 3 is 2.68 bits per heavy atom. The molecule has 1 saturated carbocycles. The van der Waals surface area contributed by atoms with E-state index in [2.05, 4.69) is 17.0 Å². The van der Waals surface area contributed by atoms with Crippen molar-refractivity contribution in [1.82, 2.24) is 24.5 Å². The molecular formula is C24H31FN6O3. The molecule has 0 spiro atoms. The molecule has 1 saturated heterocycles. The van der Waals surface area contributed by atoms with Gasteiger partial charge in [0.1, 0.15) is 0 Å². The molecule has 3 heterocycles. The standard InChI is InChI=1S/C24H31FN6O3/c1-12-5-6-13(11-30(12)22(32)14-7-15(8-14)24(2,3)33)20-28-21-16-9-17(25)19(34-4)10-18(16)27-23(26)31(21)29-20/h9-10,12-15,33H,5-8,11H2,1-4H3,(H2,26,27)/t12-,13+,14?,15?/m0/s1. The number of amides is 1. The van der Waals surface area contributed by atoms with Crippen LogP contribution in [0.5, 0.6) is 5.75 Å². The second-order valence-corrected chi connectivity index (χ2v) is 10.3. The zero-order chi connectivity index (χ0) is 24.4. The highest BCUT2D eigenvalue weighted by Crippen LogP contribution is 2.43. The average Bonchev–Trinajstić information content (AvgIpc) is 3.18. The van der Waals surface area contributed by atoms with E-state index in [9.17, 15) is 14.3 Å². The van der Waals surface area contributed by atoms with Crippen LogP contribution in [0.15, 0.2) is 12.1 Å². The number of aliphatic hydroxyl groups is 1. The molecule has 1 aliphatic heterocycles. The first-order chi connectivity index (χ1) is 16.1. The van der Waals surface area contributed by atoms with Crippen LogP contribution in [0.2, 0.25) is 0 Å². The summed E-state index contributed by atoms with van der Waals surface area (Å²) in [6.45, 7) is 6.20. The van der Waals surface area contributed by atoms with Crippen molar-refractivity contribution in [2.75, 3.05) is 19.4 Å².